The van der Waals surface area contributed by atoms with Crippen LogP contribution in [0.2, 0.25) is 0 Å². The SMILES string of the molecule is CC(NC(=O)N1CCCCC1CCC(=O)O)c1ncc[nH]1. The Labute approximate surface area is 123 Å². The molecule has 2 heterocycles. The summed E-state index contributed by atoms with van der Waals surface area (Å²) in [7, 11) is 0. The van der Waals surface area contributed by atoms with Crippen LogP contribution >= 0.6 is 0 Å². The van der Waals surface area contributed by atoms with Crippen LogP contribution in [0.5, 0.6) is 0 Å². The number of nitrogens with zero attached hydrogens (tertiary/aromatic N) is 2. The van der Waals surface area contributed by atoms with E-state index in [2.05, 4.69) is 15.3 Å². The predicted molar refractivity (Wildman–Crippen MR) is 76.7 cm³/mol. The first-order chi connectivity index (χ1) is 10.1. The lowest BCUT2D eigenvalue weighted by Gasteiger charge is -2.36. The highest BCUT2D eigenvalue weighted by atomic mass is 16.4. The Bertz CT molecular complexity index is 475. The lowest BCUT2D eigenvalue weighted by atomic mass is 9.98. The van der Waals surface area contributed by atoms with Crippen molar-refractivity contribution in [3.8, 4) is 0 Å². The van der Waals surface area contributed by atoms with Gasteiger partial charge in [0.05, 0.1) is 6.04 Å². The number of carboxylic acid groups (broad SMARTS) is 1. The number of carbonyl (C=O) groups is 2. The molecule has 1 aromatic rings. The van der Waals surface area contributed by atoms with Gasteiger partial charge in [-0.15, -0.1) is 0 Å². The zero-order valence-corrected chi connectivity index (χ0v) is 12.2. The lowest BCUT2D eigenvalue weighted by molar-refractivity contribution is -0.137. The molecule has 2 atom stereocenters. The fourth-order valence-corrected chi connectivity index (χ4v) is 2.71. The molecule has 0 radical (unpaired) electrons. The molecule has 1 fully saturated rings. The first-order valence-electron chi connectivity index (χ1n) is 7.36. The molecule has 1 aliphatic heterocycles. The Morgan fingerprint density at radius 2 is 2.38 bits per heavy atom. The smallest absolute Gasteiger partial charge is 0.318 e. The van der Waals surface area contributed by atoms with Crippen molar-refractivity contribution in [3.63, 3.8) is 0 Å². The Kier molecular flexibility index (Phi) is 5.19. The summed E-state index contributed by atoms with van der Waals surface area (Å²) in [6.07, 6.45) is 6.85. The maximum atomic E-state index is 12.4. The van der Waals surface area contributed by atoms with E-state index in [1.54, 1.807) is 17.3 Å². The van der Waals surface area contributed by atoms with Gasteiger partial charge in [-0.2, -0.15) is 0 Å². The molecule has 0 spiro atoms. The second kappa shape index (κ2) is 7.10. The largest absolute Gasteiger partial charge is 0.481 e. The summed E-state index contributed by atoms with van der Waals surface area (Å²) in [5.41, 5.74) is 0. The molecular formula is C14H22N4O3. The molecule has 2 amide bonds. The van der Waals surface area contributed by atoms with E-state index in [1.807, 2.05) is 6.92 Å². The number of hydrogen-bond acceptors (Lipinski definition) is 3. The Morgan fingerprint density at radius 1 is 1.57 bits per heavy atom. The van der Waals surface area contributed by atoms with Crippen LogP contribution in [0.25, 0.3) is 0 Å². The minimum absolute atomic E-state index is 0.0126. The number of imidazole rings is 1. The molecule has 7 heteroatoms. The standard InChI is InChI=1S/C14H22N4O3/c1-10(13-15-7-8-16-13)17-14(21)18-9-3-2-4-11(18)5-6-12(19)20/h7-8,10-11H,2-6,9H2,1H3,(H,15,16)(H,17,21)(H,19,20). The van der Waals surface area contributed by atoms with Crippen molar-refractivity contribution in [1.29, 1.82) is 0 Å². The van der Waals surface area contributed by atoms with E-state index in [1.165, 1.54) is 0 Å². The number of aliphatic carboxylic acids is 1. The number of H-pyrrole nitrogens is 1. The van der Waals surface area contributed by atoms with Gasteiger partial charge in [-0.3, -0.25) is 4.79 Å². The van der Waals surface area contributed by atoms with E-state index in [9.17, 15) is 9.59 Å². The van der Waals surface area contributed by atoms with Gasteiger partial charge in [-0.05, 0) is 32.6 Å². The highest BCUT2D eigenvalue weighted by Gasteiger charge is 2.28. The van der Waals surface area contributed by atoms with Gasteiger partial charge in [0.1, 0.15) is 5.82 Å². The van der Waals surface area contributed by atoms with Gasteiger partial charge in [-0.25, -0.2) is 9.78 Å². The van der Waals surface area contributed by atoms with Crippen LogP contribution in [0.15, 0.2) is 12.4 Å². The van der Waals surface area contributed by atoms with Gasteiger partial charge in [0.2, 0.25) is 0 Å². The van der Waals surface area contributed by atoms with Gasteiger partial charge in [0, 0.05) is 31.4 Å². The molecule has 2 rings (SSSR count). The molecule has 0 aromatic carbocycles. The van der Waals surface area contributed by atoms with Gasteiger partial charge >= 0.3 is 12.0 Å². The highest BCUT2D eigenvalue weighted by molar-refractivity contribution is 5.75. The monoisotopic (exact) mass is 294 g/mol. The van der Waals surface area contributed by atoms with Crippen molar-refractivity contribution < 1.29 is 14.7 Å². The van der Waals surface area contributed by atoms with E-state index in [0.717, 1.165) is 19.3 Å². The molecule has 2 unspecified atom stereocenters. The third kappa shape index (κ3) is 4.21. The number of amides is 2. The third-order valence-corrected chi connectivity index (χ3v) is 3.85. The van der Waals surface area contributed by atoms with Crippen molar-refractivity contribution in [2.75, 3.05) is 6.54 Å². The number of carbonyl (C=O) groups excluding carboxylic acids is 1. The second-order valence-electron chi connectivity index (χ2n) is 5.42. The van der Waals surface area contributed by atoms with E-state index in [4.69, 9.17) is 5.11 Å². The average Bonchev–Trinajstić information content (AvgIpc) is 2.99. The van der Waals surface area contributed by atoms with Crippen LogP contribution in [0.1, 0.15) is 50.9 Å². The Morgan fingerprint density at radius 3 is 3.05 bits per heavy atom. The van der Waals surface area contributed by atoms with Gasteiger partial charge < -0.3 is 20.3 Å². The number of aromatic nitrogens is 2. The summed E-state index contributed by atoms with van der Waals surface area (Å²) in [5, 5.41) is 11.7. The van der Waals surface area contributed by atoms with Crippen LogP contribution in [0.3, 0.4) is 0 Å². The minimum Gasteiger partial charge on any atom is -0.481 e. The number of aromatic amines is 1. The fourth-order valence-electron chi connectivity index (χ4n) is 2.71. The van der Waals surface area contributed by atoms with E-state index in [0.29, 0.717) is 18.8 Å². The van der Waals surface area contributed by atoms with E-state index < -0.39 is 5.97 Å². The number of piperidine rings is 1. The normalized spacial score (nSPS) is 20.0. The Hall–Kier alpha value is -2.05. The topological polar surface area (TPSA) is 98.3 Å². The van der Waals surface area contributed by atoms with Gasteiger partial charge in [0.25, 0.3) is 0 Å². The van der Waals surface area contributed by atoms with Crippen molar-refractivity contribution in [3.05, 3.63) is 18.2 Å². The Balaban J connectivity index is 1.93. The van der Waals surface area contributed by atoms with Gasteiger partial charge in [-0.1, -0.05) is 0 Å². The van der Waals surface area contributed by atoms with E-state index in [-0.39, 0.29) is 24.5 Å². The molecule has 1 saturated heterocycles. The second-order valence-corrected chi connectivity index (χ2v) is 5.42. The van der Waals surface area contributed by atoms with Crippen molar-refractivity contribution in [1.82, 2.24) is 20.2 Å². The number of nitrogens with one attached hydrogen (secondary N) is 2. The average molecular weight is 294 g/mol. The molecule has 1 aromatic heterocycles. The maximum Gasteiger partial charge on any atom is 0.318 e. The molecule has 0 saturated carbocycles. The number of rotatable bonds is 5. The van der Waals surface area contributed by atoms with Crippen molar-refractivity contribution in [2.45, 2.75) is 51.1 Å². The molecular weight excluding hydrogens is 272 g/mol. The molecule has 0 aliphatic carbocycles. The number of carboxylic acids is 1. The summed E-state index contributed by atoms with van der Waals surface area (Å²) >= 11 is 0. The number of urea groups is 1. The molecule has 21 heavy (non-hydrogen) atoms. The number of likely N-dealkylation sites (tertiary alicyclic amines) is 1. The summed E-state index contributed by atoms with van der Waals surface area (Å²) in [4.78, 5) is 32.0. The van der Waals surface area contributed by atoms with Crippen LogP contribution < -0.4 is 5.32 Å². The molecule has 1 aliphatic rings. The van der Waals surface area contributed by atoms with Crippen molar-refractivity contribution in [2.24, 2.45) is 0 Å². The summed E-state index contributed by atoms with van der Waals surface area (Å²) in [6, 6.07) is -0.331. The summed E-state index contributed by atoms with van der Waals surface area (Å²) < 4.78 is 0. The summed E-state index contributed by atoms with van der Waals surface area (Å²) in [6.45, 7) is 2.55. The molecule has 7 nitrogen and oxygen atoms in total. The third-order valence-electron chi connectivity index (χ3n) is 3.85. The zero-order chi connectivity index (χ0) is 15.2. The first-order valence-corrected chi connectivity index (χ1v) is 7.36. The quantitative estimate of drug-likeness (QED) is 0.772. The maximum absolute atomic E-state index is 12.4. The summed E-state index contributed by atoms with van der Waals surface area (Å²) in [5.74, 6) is -0.104. The molecule has 0 bridgehead atoms. The predicted octanol–water partition coefficient (Wildman–Crippen LogP) is 1.90. The van der Waals surface area contributed by atoms with Gasteiger partial charge in [0.15, 0.2) is 0 Å². The highest BCUT2D eigenvalue weighted by Crippen LogP contribution is 2.21. The first kappa shape index (κ1) is 15.3. The van der Waals surface area contributed by atoms with E-state index >= 15 is 0 Å². The van der Waals surface area contributed by atoms with Crippen LogP contribution in [-0.4, -0.2) is 44.6 Å². The van der Waals surface area contributed by atoms with Crippen LogP contribution in [-0.2, 0) is 4.79 Å². The molecule has 116 valence electrons. The van der Waals surface area contributed by atoms with Crippen LogP contribution in [0.4, 0.5) is 4.79 Å². The van der Waals surface area contributed by atoms with Crippen molar-refractivity contribution >= 4 is 12.0 Å². The minimum atomic E-state index is -0.815. The zero-order valence-electron chi connectivity index (χ0n) is 12.2. The number of hydrogen-bond donors (Lipinski definition) is 3. The lowest BCUT2D eigenvalue weighted by Crippen LogP contribution is -2.49. The fraction of sp³-hybridized carbons (Fsp3) is 0.643. The molecule has 3 N–H and O–H groups in total. The van der Waals surface area contributed by atoms with Crippen LogP contribution in [0, 0.1) is 0 Å².